The molecule has 0 amide bonds. The molecule has 0 fully saturated rings. The van der Waals surface area contributed by atoms with Crippen molar-refractivity contribution in [2.24, 2.45) is 17.1 Å². The Balaban J connectivity index is 2.19. The zero-order chi connectivity index (χ0) is 13.3. The third-order valence-electron chi connectivity index (χ3n) is 3.96. The van der Waals surface area contributed by atoms with Gasteiger partial charge in [-0.25, -0.2) is 0 Å². The van der Waals surface area contributed by atoms with Gasteiger partial charge >= 0.3 is 0 Å². The lowest BCUT2D eigenvalue weighted by molar-refractivity contribution is 0.316. The number of hydrogen-bond donors (Lipinski definition) is 1. The van der Waals surface area contributed by atoms with E-state index < -0.39 is 0 Å². The van der Waals surface area contributed by atoms with Crippen molar-refractivity contribution in [3.63, 3.8) is 0 Å². The fourth-order valence-corrected chi connectivity index (χ4v) is 2.59. The molecule has 2 nitrogen and oxygen atoms in total. The SMILES string of the molecule is CC1Cc2ccccc2N(CC(N)C(C)(C)C)C1. The van der Waals surface area contributed by atoms with Crippen molar-refractivity contribution in [3.05, 3.63) is 29.8 Å². The standard InChI is InChI=1S/C16H26N2/c1-12-9-13-7-5-6-8-14(13)18(10-12)11-15(17)16(2,3)4/h5-8,12,15H,9-11,17H2,1-4H3. The van der Waals surface area contributed by atoms with Gasteiger partial charge in [-0.3, -0.25) is 0 Å². The predicted octanol–water partition coefficient (Wildman–Crippen LogP) is 3.06. The van der Waals surface area contributed by atoms with Gasteiger partial charge in [0.2, 0.25) is 0 Å². The lowest BCUT2D eigenvalue weighted by atomic mass is 9.86. The average molecular weight is 246 g/mol. The van der Waals surface area contributed by atoms with Crippen molar-refractivity contribution in [2.75, 3.05) is 18.0 Å². The van der Waals surface area contributed by atoms with E-state index in [0.29, 0.717) is 5.92 Å². The van der Waals surface area contributed by atoms with Crippen LogP contribution < -0.4 is 10.6 Å². The first-order valence-electron chi connectivity index (χ1n) is 6.96. The Morgan fingerprint density at radius 2 is 2.00 bits per heavy atom. The van der Waals surface area contributed by atoms with Crippen LogP contribution in [0.3, 0.4) is 0 Å². The van der Waals surface area contributed by atoms with Crippen molar-refractivity contribution in [3.8, 4) is 0 Å². The molecular formula is C16H26N2. The number of rotatable bonds is 2. The quantitative estimate of drug-likeness (QED) is 0.869. The summed E-state index contributed by atoms with van der Waals surface area (Å²) in [5.74, 6) is 0.715. The summed E-state index contributed by atoms with van der Waals surface area (Å²) in [5, 5.41) is 0. The highest BCUT2D eigenvalue weighted by atomic mass is 15.2. The second-order valence-electron chi connectivity index (χ2n) is 6.82. The van der Waals surface area contributed by atoms with E-state index in [0.717, 1.165) is 13.1 Å². The number of hydrogen-bond acceptors (Lipinski definition) is 2. The largest absolute Gasteiger partial charge is 0.369 e. The van der Waals surface area contributed by atoms with Crippen LogP contribution in [0.1, 0.15) is 33.3 Å². The number of anilines is 1. The van der Waals surface area contributed by atoms with E-state index >= 15 is 0 Å². The molecule has 1 aliphatic heterocycles. The minimum atomic E-state index is 0.162. The van der Waals surface area contributed by atoms with Crippen molar-refractivity contribution in [1.29, 1.82) is 0 Å². The maximum Gasteiger partial charge on any atom is 0.0399 e. The molecule has 1 aromatic rings. The average Bonchev–Trinajstić information content (AvgIpc) is 2.27. The molecule has 1 heterocycles. The predicted molar refractivity (Wildman–Crippen MR) is 79.0 cm³/mol. The van der Waals surface area contributed by atoms with E-state index in [1.165, 1.54) is 17.7 Å². The molecule has 2 heteroatoms. The van der Waals surface area contributed by atoms with Crippen LogP contribution in [-0.2, 0) is 6.42 Å². The minimum absolute atomic E-state index is 0.162. The Morgan fingerprint density at radius 3 is 2.67 bits per heavy atom. The van der Waals surface area contributed by atoms with Gasteiger partial charge in [0.05, 0.1) is 0 Å². The van der Waals surface area contributed by atoms with Gasteiger partial charge in [-0.05, 0) is 29.4 Å². The van der Waals surface area contributed by atoms with Crippen LogP contribution in [-0.4, -0.2) is 19.1 Å². The van der Waals surface area contributed by atoms with Crippen LogP contribution >= 0.6 is 0 Å². The highest BCUT2D eigenvalue weighted by Crippen LogP contribution is 2.30. The summed E-state index contributed by atoms with van der Waals surface area (Å²) in [5.41, 5.74) is 9.36. The van der Waals surface area contributed by atoms with Crippen LogP contribution in [0.5, 0.6) is 0 Å². The first-order valence-corrected chi connectivity index (χ1v) is 6.96. The molecule has 0 radical (unpaired) electrons. The zero-order valence-corrected chi connectivity index (χ0v) is 12.1. The van der Waals surface area contributed by atoms with Gasteiger partial charge in [0.1, 0.15) is 0 Å². The summed E-state index contributed by atoms with van der Waals surface area (Å²) >= 11 is 0. The van der Waals surface area contributed by atoms with Gasteiger partial charge in [0, 0.05) is 24.8 Å². The van der Waals surface area contributed by atoms with Crippen LogP contribution in [0, 0.1) is 11.3 Å². The molecule has 100 valence electrons. The maximum absolute atomic E-state index is 6.34. The summed E-state index contributed by atoms with van der Waals surface area (Å²) in [6.07, 6.45) is 1.19. The maximum atomic E-state index is 6.34. The van der Waals surface area contributed by atoms with Gasteiger partial charge < -0.3 is 10.6 Å². The summed E-state index contributed by atoms with van der Waals surface area (Å²) < 4.78 is 0. The summed E-state index contributed by atoms with van der Waals surface area (Å²) in [6, 6.07) is 8.95. The minimum Gasteiger partial charge on any atom is -0.369 e. The summed E-state index contributed by atoms with van der Waals surface area (Å²) in [6.45, 7) is 11.1. The monoisotopic (exact) mass is 246 g/mol. The lowest BCUT2D eigenvalue weighted by Gasteiger charge is -2.39. The third-order valence-corrected chi connectivity index (χ3v) is 3.96. The fourth-order valence-electron chi connectivity index (χ4n) is 2.59. The molecule has 1 aliphatic rings. The van der Waals surface area contributed by atoms with Crippen molar-refractivity contribution in [2.45, 2.75) is 40.2 Å². The van der Waals surface area contributed by atoms with Crippen LogP contribution in [0.15, 0.2) is 24.3 Å². The second kappa shape index (κ2) is 4.93. The Labute approximate surface area is 111 Å². The normalized spacial score (nSPS) is 21.6. The van der Waals surface area contributed by atoms with Crippen molar-refractivity contribution >= 4 is 5.69 Å². The van der Waals surface area contributed by atoms with Gasteiger partial charge in [0.15, 0.2) is 0 Å². The van der Waals surface area contributed by atoms with E-state index in [1.807, 2.05) is 0 Å². The molecule has 1 aromatic carbocycles. The third kappa shape index (κ3) is 2.86. The van der Waals surface area contributed by atoms with Crippen molar-refractivity contribution in [1.82, 2.24) is 0 Å². The van der Waals surface area contributed by atoms with E-state index in [4.69, 9.17) is 5.73 Å². The molecule has 0 saturated heterocycles. The first-order chi connectivity index (χ1) is 8.38. The topological polar surface area (TPSA) is 29.3 Å². The Morgan fingerprint density at radius 1 is 1.33 bits per heavy atom. The van der Waals surface area contributed by atoms with E-state index in [1.54, 1.807) is 0 Å². The van der Waals surface area contributed by atoms with Crippen LogP contribution in [0.2, 0.25) is 0 Å². The van der Waals surface area contributed by atoms with Gasteiger partial charge in [-0.1, -0.05) is 45.9 Å². The van der Waals surface area contributed by atoms with Gasteiger partial charge in [-0.2, -0.15) is 0 Å². The molecule has 0 aromatic heterocycles. The first kappa shape index (κ1) is 13.4. The Hall–Kier alpha value is -1.02. The van der Waals surface area contributed by atoms with Gasteiger partial charge in [0.25, 0.3) is 0 Å². The molecular weight excluding hydrogens is 220 g/mol. The number of para-hydroxylation sites is 1. The number of benzene rings is 1. The Bertz CT molecular complexity index is 406. The molecule has 0 aliphatic carbocycles. The van der Waals surface area contributed by atoms with Crippen LogP contribution in [0.4, 0.5) is 5.69 Å². The number of nitrogens with zero attached hydrogens (tertiary/aromatic N) is 1. The second-order valence-corrected chi connectivity index (χ2v) is 6.82. The smallest absolute Gasteiger partial charge is 0.0399 e. The zero-order valence-electron chi connectivity index (χ0n) is 12.1. The fraction of sp³-hybridized carbons (Fsp3) is 0.625. The van der Waals surface area contributed by atoms with E-state index in [9.17, 15) is 0 Å². The highest BCUT2D eigenvalue weighted by Gasteiger charge is 2.27. The molecule has 0 bridgehead atoms. The van der Waals surface area contributed by atoms with Gasteiger partial charge in [-0.15, -0.1) is 0 Å². The molecule has 2 rings (SSSR count). The van der Waals surface area contributed by atoms with E-state index in [-0.39, 0.29) is 11.5 Å². The molecule has 2 unspecified atom stereocenters. The van der Waals surface area contributed by atoms with E-state index in [2.05, 4.69) is 56.9 Å². The number of fused-ring (bicyclic) bond motifs is 1. The summed E-state index contributed by atoms with van der Waals surface area (Å²) in [4.78, 5) is 2.47. The molecule has 0 spiro atoms. The van der Waals surface area contributed by atoms with Crippen LogP contribution in [0.25, 0.3) is 0 Å². The molecule has 2 N–H and O–H groups in total. The molecule has 18 heavy (non-hydrogen) atoms. The number of nitrogens with two attached hydrogens (primary N) is 1. The lowest BCUT2D eigenvalue weighted by Crippen LogP contribution is -2.48. The molecule has 0 saturated carbocycles. The summed E-state index contributed by atoms with van der Waals surface area (Å²) in [7, 11) is 0. The highest BCUT2D eigenvalue weighted by molar-refractivity contribution is 5.55. The Kier molecular flexibility index (Phi) is 3.67. The van der Waals surface area contributed by atoms with Crippen molar-refractivity contribution < 1.29 is 0 Å². The molecule has 2 atom stereocenters.